The van der Waals surface area contributed by atoms with Gasteiger partial charge in [0.05, 0.1) is 0 Å². The fourth-order valence-electron chi connectivity index (χ4n) is 10.5. The van der Waals surface area contributed by atoms with E-state index in [9.17, 15) is 14.4 Å². The average molecular weight is 1150 g/mol. The van der Waals surface area contributed by atoms with Crippen molar-refractivity contribution in [2.75, 3.05) is 13.2 Å². The molecule has 0 N–H and O–H groups in total. The monoisotopic (exact) mass is 1150 g/mol. The molecule has 1 atom stereocenters. The Morgan fingerprint density at radius 2 is 0.439 bits per heavy atom. The Balaban J connectivity index is 4.07. The van der Waals surface area contributed by atoms with E-state index in [1.807, 2.05) is 0 Å². The average Bonchev–Trinajstić information content (AvgIpc) is 3.47. The molecule has 0 bridgehead atoms. The van der Waals surface area contributed by atoms with Crippen LogP contribution in [-0.4, -0.2) is 37.2 Å². The van der Waals surface area contributed by atoms with Crippen LogP contribution < -0.4 is 0 Å². The molecule has 6 nitrogen and oxygen atoms in total. The highest BCUT2D eigenvalue weighted by atomic mass is 16.6. The summed E-state index contributed by atoms with van der Waals surface area (Å²) in [5.74, 6) is -0.867. The van der Waals surface area contributed by atoms with Crippen molar-refractivity contribution in [3.05, 3.63) is 72.9 Å². The molecule has 0 amide bonds. The van der Waals surface area contributed by atoms with Gasteiger partial charge in [0.25, 0.3) is 0 Å². The van der Waals surface area contributed by atoms with Crippen LogP contribution in [0.3, 0.4) is 0 Å². The predicted octanol–water partition coefficient (Wildman–Crippen LogP) is 24.8. The van der Waals surface area contributed by atoms with E-state index in [1.54, 1.807) is 0 Å². The van der Waals surface area contributed by atoms with E-state index in [2.05, 4.69) is 93.7 Å². The maximum absolute atomic E-state index is 12.9. The van der Waals surface area contributed by atoms with Crippen LogP contribution in [0.15, 0.2) is 72.9 Å². The molecule has 0 aliphatic rings. The summed E-state index contributed by atoms with van der Waals surface area (Å²) in [5, 5.41) is 0. The molecule has 0 aromatic rings. The lowest BCUT2D eigenvalue weighted by molar-refractivity contribution is -0.167. The third-order valence-electron chi connectivity index (χ3n) is 15.9. The van der Waals surface area contributed by atoms with Gasteiger partial charge in [-0.05, 0) is 96.3 Å². The van der Waals surface area contributed by atoms with E-state index in [0.29, 0.717) is 19.3 Å². The summed E-state index contributed by atoms with van der Waals surface area (Å²) in [6.07, 6.45) is 92.4. The van der Waals surface area contributed by atoms with Gasteiger partial charge in [-0.15, -0.1) is 0 Å². The molecular weight excluding hydrogens is 1010 g/mol. The molecule has 0 spiro atoms. The van der Waals surface area contributed by atoms with E-state index >= 15 is 0 Å². The molecule has 0 saturated heterocycles. The van der Waals surface area contributed by atoms with Crippen molar-refractivity contribution in [3.8, 4) is 0 Å². The van der Waals surface area contributed by atoms with Gasteiger partial charge in [-0.1, -0.05) is 331 Å². The molecule has 0 aromatic heterocycles. The minimum atomic E-state index is -0.777. The number of esters is 3. The SMILES string of the molecule is CCCCCCC/C=C\C/C=C\C/C=C\CCCCCCCCCCCCCCCCCCCCC(=O)OCC(COC(=O)CCCCCCCCCC)OC(=O)CCCCCCCCCC/C=C\C/C=C\C/C=C\CCCCCCC. The third-order valence-corrected chi connectivity index (χ3v) is 15.9. The Morgan fingerprint density at radius 3 is 0.683 bits per heavy atom. The number of carbonyl (C=O) groups is 3. The smallest absolute Gasteiger partial charge is 0.306 e. The topological polar surface area (TPSA) is 78.9 Å². The minimum absolute atomic E-state index is 0.0742. The van der Waals surface area contributed by atoms with E-state index in [4.69, 9.17) is 14.2 Å². The number of hydrogen-bond donors (Lipinski definition) is 0. The summed E-state index contributed by atoms with van der Waals surface area (Å²) >= 11 is 0. The number of allylic oxidation sites excluding steroid dienone is 12. The molecule has 0 saturated carbocycles. The van der Waals surface area contributed by atoms with Crippen molar-refractivity contribution in [2.45, 2.75) is 380 Å². The summed E-state index contributed by atoms with van der Waals surface area (Å²) in [6.45, 7) is 6.63. The second-order valence-electron chi connectivity index (χ2n) is 24.1. The van der Waals surface area contributed by atoms with Crippen molar-refractivity contribution in [3.63, 3.8) is 0 Å². The van der Waals surface area contributed by atoms with Crippen LogP contribution in [0.4, 0.5) is 0 Å². The highest BCUT2D eigenvalue weighted by molar-refractivity contribution is 5.71. The largest absolute Gasteiger partial charge is 0.462 e. The molecule has 0 aliphatic heterocycles. The first kappa shape index (κ1) is 78.8. The normalized spacial score (nSPS) is 12.5. The van der Waals surface area contributed by atoms with Gasteiger partial charge in [0.2, 0.25) is 0 Å². The molecule has 0 rings (SSSR count). The Hall–Kier alpha value is -3.15. The van der Waals surface area contributed by atoms with Gasteiger partial charge in [0.1, 0.15) is 13.2 Å². The first-order valence-electron chi connectivity index (χ1n) is 35.9. The van der Waals surface area contributed by atoms with E-state index in [1.165, 1.54) is 244 Å². The second-order valence-corrected chi connectivity index (χ2v) is 24.1. The van der Waals surface area contributed by atoms with Gasteiger partial charge in [0, 0.05) is 19.3 Å². The van der Waals surface area contributed by atoms with Crippen LogP contribution >= 0.6 is 0 Å². The molecule has 0 aromatic carbocycles. The summed E-state index contributed by atoms with van der Waals surface area (Å²) < 4.78 is 16.9. The van der Waals surface area contributed by atoms with Gasteiger partial charge < -0.3 is 14.2 Å². The molecule has 0 radical (unpaired) electrons. The predicted molar refractivity (Wildman–Crippen MR) is 358 cm³/mol. The van der Waals surface area contributed by atoms with E-state index in [-0.39, 0.29) is 31.1 Å². The van der Waals surface area contributed by atoms with Gasteiger partial charge in [-0.25, -0.2) is 0 Å². The Morgan fingerprint density at radius 1 is 0.244 bits per heavy atom. The van der Waals surface area contributed by atoms with Crippen LogP contribution in [0.25, 0.3) is 0 Å². The summed E-state index contributed by atoms with van der Waals surface area (Å²) in [6, 6.07) is 0. The molecule has 0 heterocycles. The zero-order valence-electron chi connectivity index (χ0n) is 54.8. The lowest BCUT2D eigenvalue weighted by atomic mass is 10.0. The Bertz CT molecular complexity index is 1500. The molecule has 1 unspecified atom stereocenters. The van der Waals surface area contributed by atoms with Gasteiger partial charge >= 0.3 is 17.9 Å². The molecule has 6 heteroatoms. The number of hydrogen-bond acceptors (Lipinski definition) is 6. The first-order chi connectivity index (χ1) is 40.5. The zero-order valence-corrected chi connectivity index (χ0v) is 54.8. The van der Waals surface area contributed by atoms with Crippen molar-refractivity contribution in [1.82, 2.24) is 0 Å². The number of ether oxygens (including phenoxy) is 3. The highest BCUT2D eigenvalue weighted by Crippen LogP contribution is 2.18. The highest BCUT2D eigenvalue weighted by Gasteiger charge is 2.19. The van der Waals surface area contributed by atoms with Crippen molar-refractivity contribution >= 4 is 17.9 Å². The minimum Gasteiger partial charge on any atom is -0.462 e. The number of rotatable bonds is 66. The van der Waals surface area contributed by atoms with Crippen molar-refractivity contribution in [1.29, 1.82) is 0 Å². The quantitative estimate of drug-likeness (QED) is 0.0261. The first-order valence-corrected chi connectivity index (χ1v) is 35.9. The number of carbonyl (C=O) groups excluding carboxylic acids is 3. The van der Waals surface area contributed by atoms with Crippen LogP contribution in [0.2, 0.25) is 0 Å². The van der Waals surface area contributed by atoms with Crippen molar-refractivity contribution in [2.24, 2.45) is 0 Å². The second kappa shape index (κ2) is 70.3. The Kier molecular flexibility index (Phi) is 67.6. The third kappa shape index (κ3) is 67.6. The lowest BCUT2D eigenvalue weighted by Crippen LogP contribution is -2.30. The molecule has 0 aliphatic carbocycles. The zero-order chi connectivity index (χ0) is 59.2. The molecular formula is C76H136O6. The fraction of sp³-hybridized carbons (Fsp3) is 0.803. The molecule has 476 valence electrons. The van der Waals surface area contributed by atoms with Gasteiger partial charge in [-0.3, -0.25) is 14.4 Å². The van der Waals surface area contributed by atoms with Crippen LogP contribution in [0, 0.1) is 0 Å². The standard InChI is InChI=1S/C76H136O6/c1-4-7-10-13-16-19-21-23-25-27-29-31-33-34-35-36-37-38-39-40-41-42-44-45-47-49-51-53-55-57-60-63-66-69-75(78)81-72-73(71-80-74(77)68-65-62-59-18-15-12-9-6-3)82-76(79)70-67-64-61-58-56-54-52-50-48-46-43-32-30-28-26-24-22-20-17-14-11-8-5-2/h21-24,27-30,33-34,43,46,73H,4-20,25-26,31-32,35-42,44-45,47-72H2,1-3H3/b23-21-,24-22-,29-27-,30-28-,34-33-,46-43-. The van der Waals surface area contributed by atoms with E-state index in [0.717, 1.165) is 89.9 Å². The van der Waals surface area contributed by atoms with Gasteiger partial charge in [-0.2, -0.15) is 0 Å². The van der Waals surface area contributed by atoms with Crippen LogP contribution in [0.1, 0.15) is 374 Å². The fourth-order valence-corrected chi connectivity index (χ4v) is 10.5. The van der Waals surface area contributed by atoms with Crippen molar-refractivity contribution < 1.29 is 28.6 Å². The van der Waals surface area contributed by atoms with Crippen LogP contribution in [-0.2, 0) is 28.6 Å². The van der Waals surface area contributed by atoms with E-state index < -0.39 is 6.10 Å². The number of unbranched alkanes of at least 4 members (excludes halogenated alkanes) is 43. The Labute approximate surface area is 510 Å². The van der Waals surface area contributed by atoms with Crippen LogP contribution in [0.5, 0.6) is 0 Å². The maximum atomic E-state index is 12.9. The summed E-state index contributed by atoms with van der Waals surface area (Å²) in [5.41, 5.74) is 0. The summed E-state index contributed by atoms with van der Waals surface area (Å²) in [4.78, 5) is 38.2. The van der Waals surface area contributed by atoms with Gasteiger partial charge in [0.15, 0.2) is 6.10 Å². The molecule has 0 fully saturated rings. The lowest BCUT2D eigenvalue weighted by Gasteiger charge is -2.18. The summed E-state index contributed by atoms with van der Waals surface area (Å²) in [7, 11) is 0. The molecule has 82 heavy (non-hydrogen) atoms. The maximum Gasteiger partial charge on any atom is 0.306 e.